The molecule has 1 saturated carbocycles. The van der Waals surface area contributed by atoms with E-state index in [0.717, 1.165) is 64.2 Å². The van der Waals surface area contributed by atoms with Gasteiger partial charge in [0.25, 0.3) is 0 Å². The molecule has 0 radical (unpaired) electrons. The number of ether oxygens (including phenoxy) is 2. The first kappa shape index (κ1) is 49.8. The van der Waals surface area contributed by atoms with Crippen molar-refractivity contribution in [1.29, 1.82) is 0 Å². The number of esters is 1. The van der Waals surface area contributed by atoms with Gasteiger partial charge in [0.1, 0.15) is 42.7 Å². The van der Waals surface area contributed by atoms with Crippen LogP contribution in [0.15, 0.2) is 24.3 Å². The van der Waals surface area contributed by atoms with Crippen LogP contribution in [0.5, 0.6) is 0 Å². The number of phosphoric ester groups is 1. The summed E-state index contributed by atoms with van der Waals surface area (Å²) in [6.07, 6.45) is 21.4. The van der Waals surface area contributed by atoms with Crippen LogP contribution in [-0.4, -0.2) is 98.9 Å². The van der Waals surface area contributed by atoms with E-state index in [9.17, 15) is 39.8 Å². The number of aliphatic hydroxyl groups is 5. The Morgan fingerprint density at radius 2 is 1.06 bits per heavy atom. The first-order chi connectivity index (χ1) is 25.5. The Morgan fingerprint density at radius 3 is 1.60 bits per heavy atom. The lowest BCUT2D eigenvalue weighted by molar-refractivity contribution is -0.220. The van der Waals surface area contributed by atoms with Crippen LogP contribution in [0.1, 0.15) is 162 Å². The summed E-state index contributed by atoms with van der Waals surface area (Å²) < 4.78 is 33.9. The first-order valence-corrected chi connectivity index (χ1v) is 22.2. The summed E-state index contributed by atoms with van der Waals surface area (Å²) in [6, 6.07) is 0. The Kier molecular flexibility index (Phi) is 30.1. The highest BCUT2D eigenvalue weighted by molar-refractivity contribution is 7.47. The van der Waals surface area contributed by atoms with Crippen molar-refractivity contribution >= 4 is 13.8 Å². The predicted octanol–water partition coefficient (Wildman–Crippen LogP) is 7.36. The van der Waals surface area contributed by atoms with Gasteiger partial charge in [0, 0.05) is 13.0 Å². The minimum absolute atomic E-state index is 0.0785. The van der Waals surface area contributed by atoms with E-state index in [1.807, 2.05) is 0 Å². The van der Waals surface area contributed by atoms with Gasteiger partial charge in [0.2, 0.25) is 0 Å². The lowest BCUT2D eigenvalue weighted by Crippen LogP contribution is -2.64. The molecule has 13 heteroatoms. The number of rotatable bonds is 34. The third-order valence-corrected chi connectivity index (χ3v) is 10.6. The summed E-state index contributed by atoms with van der Waals surface area (Å²) in [5.41, 5.74) is 0. The molecule has 0 heterocycles. The number of hydrogen-bond acceptors (Lipinski definition) is 11. The van der Waals surface area contributed by atoms with Crippen molar-refractivity contribution in [2.24, 2.45) is 0 Å². The summed E-state index contributed by atoms with van der Waals surface area (Å²) >= 11 is 0. The zero-order valence-electron chi connectivity index (χ0n) is 32.8. The number of allylic oxidation sites excluding steroid dienone is 4. The molecule has 0 aromatic carbocycles. The molecule has 53 heavy (non-hydrogen) atoms. The van der Waals surface area contributed by atoms with E-state index >= 15 is 0 Å². The Balaban J connectivity index is 2.36. The average Bonchev–Trinajstić information content (AvgIpc) is 3.14. The fourth-order valence-electron chi connectivity index (χ4n) is 6.21. The van der Waals surface area contributed by atoms with Crippen molar-refractivity contribution in [2.45, 2.75) is 204 Å². The maximum absolute atomic E-state index is 12.7. The van der Waals surface area contributed by atoms with E-state index in [1.54, 1.807) is 0 Å². The van der Waals surface area contributed by atoms with E-state index in [-0.39, 0.29) is 13.0 Å². The van der Waals surface area contributed by atoms with Gasteiger partial charge >= 0.3 is 13.8 Å². The minimum atomic E-state index is -5.00. The van der Waals surface area contributed by atoms with Gasteiger partial charge in [0.05, 0.1) is 13.2 Å². The lowest BCUT2D eigenvalue weighted by Gasteiger charge is -2.41. The zero-order valence-corrected chi connectivity index (χ0v) is 33.7. The second-order valence-electron chi connectivity index (χ2n) is 14.5. The number of hydrogen-bond donors (Lipinski definition) is 6. The Morgan fingerprint density at radius 1 is 0.604 bits per heavy atom. The second kappa shape index (κ2) is 32.0. The van der Waals surface area contributed by atoms with Crippen molar-refractivity contribution in [2.75, 3.05) is 19.8 Å². The van der Waals surface area contributed by atoms with E-state index in [4.69, 9.17) is 18.5 Å². The fourth-order valence-corrected chi connectivity index (χ4v) is 7.18. The monoisotopic (exact) mass is 778 g/mol. The fraction of sp³-hybridized carbons (Fsp3) is 0.875. The van der Waals surface area contributed by atoms with Crippen LogP contribution in [0, 0.1) is 0 Å². The highest BCUT2D eigenvalue weighted by Gasteiger charge is 2.51. The number of phosphoric acid groups is 1. The molecule has 0 aromatic heterocycles. The molecule has 6 atom stereocenters. The standard InChI is InChI=1S/C40H75O12P/c1-3-5-7-9-11-12-13-14-15-16-17-18-19-20-21-22-24-26-28-30-49-31-33(51-34(41)29-27-25-23-10-8-6-4-2)32-50-53(47,48)52-40-38(45)36(43)35(42)37(44)39(40)46/h12-13,15-16,33,35-40,42-46H,3-11,14,17-32H2,1-2H3,(H,47,48)/b13-12-,16-15-. The molecule has 0 spiro atoms. The van der Waals surface area contributed by atoms with Crippen LogP contribution in [0.3, 0.4) is 0 Å². The Hall–Kier alpha value is -1.18. The average molecular weight is 779 g/mol. The van der Waals surface area contributed by atoms with Gasteiger partial charge in [-0.3, -0.25) is 13.8 Å². The number of aliphatic hydroxyl groups excluding tert-OH is 5. The highest BCUT2D eigenvalue weighted by Crippen LogP contribution is 2.47. The molecule has 1 aliphatic rings. The Labute approximate surface area is 320 Å². The van der Waals surface area contributed by atoms with E-state index in [2.05, 4.69) is 38.2 Å². The number of carbonyl (C=O) groups excluding carboxylic acids is 1. The predicted molar refractivity (Wildman–Crippen MR) is 207 cm³/mol. The molecular formula is C40H75O12P. The van der Waals surface area contributed by atoms with Crippen LogP contribution in [0.2, 0.25) is 0 Å². The number of unbranched alkanes of at least 4 members (excludes halogenated alkanes) is 18. The van der Waals surface area contributed by atoms with E-state index in [1.165, 1.54) is 70.6 Å². The molecule has 6 N–H and O–H groups in total. The zero-order chi connectivity index (χ0) is 39.2. The summed E-state index contributed by atoms with van der Waals surface area (Å²) in [4.78, 5) is 22.9. The minimum Gasteiger partial charge on any atom is -0.457 e. The third-order valence-electron chi connectivity index (χ3n) is 9.58. The van der Waals surface area contributed by atoms with Gasteiger partial charge in [-0.25, -0.2) is 4.57 Å². The van der Waals surface area contributed by atoms with E-state index < -0.39 is 63.1 Å². The highest BCUT2D eigenvalue weighted by atomic mass is 31.2. The molecule has 0 saturated heterocycles. The maximum atomic E-state index is 12.7. The summed E-state index contributed by atoms with van der Waals surface area (Å²) in [5, 5.41) is 49.9. The largest absolute Gasteiger partial charge is 0.472 e. The van der Waals surface area contributed by atoms with Crippen LogP contribution >= 0.6 is 7.82 Å². The molecule has 12 nitrogen and oxygen atoms in total. The molecule has 0 aromatic rings. The van der Waals surface area contributed by atoms with Gasteiger partial charge in [-0.1, -0.05) is 134 Å². The van der Waals surface area contributed by atoms with Crippen LogP contribution in [0.4, 0.5) is 0 Å². The molecule has 6 unspecified atom stereocenters. The van der Waals surface area contributed by atoms with Crippen molar-refractivity contribution in [1.82, 2.24) is 0 Å². The second-order valence-corrected chi connectivity index (χ2v) is 15.9. The quantitative estimate of drug-likeness (QED) is 0.0165. The molecule has 0 amide bonds. The van der Waals surface area contributed by atoms with Gasteiger partial charge in [0.15, 0.2) is 0 Å². The summed E-state index contributed by atoms with van der Waals surface area (Å²) in [5.74, 6) is -0.487. The lowest BCUT2D eigenvalue weighted by atomic mass is 9.85. The third kappa shape index (κ3) is 24.8. The van der Waals surface area contributed by atoms with Crippen molar-refractivity contribution < 1.29 is 58.3 Å². The SMILES string of the molecule is CCCCCC/C=C\C/C=C\CCCCCCCCCCOCC(COP(=O)(O)OC1C(O)C(O)C(O)C(O)C1O)OC(=O)CCCCCCCCC. The normalized spacial score (nSPS) is 23.8. The maximum Gasteiger partial charge on any atom is 0.472 e. The van der Waals surface area contributed by atoms with Gasteiger partial charge < -0.3 is 39.9 Å². The molecule has 1 fully saturated rings. The molecular weight excluding hydrogens is 703 g/mol. The molecule has 1 aliphatic carbocycles. The van der Waals surface area contributed by atoms with Crippen molar-refractivity contribution in [3.8, 4) is 0 Å². The summed E-state index contributed by atoms with van der Waals surface area (Å²) in [6.45, 7) is 4.16. The molecule has 0 aliphatic heterocycles. The van der Waals surface area contributed by atoms with Crippen molar-refractivity contribution in [3.05, 3.63) is 24.3 Å². The van der Waals surface area contributed by atoms with E-state index in [0.29, 0.717) is 13.0 Å². The van der Waals surface area contributed by atoms with Gasteiger partial charge in [-0.05, 0) is 44.9 Å². The van der Waals surface area contributed by atoms with Crippen LogP contribution in [-0.2, 0) is 27.9 Å². The van der Waals surface area contributed by atoms with Gasteiger partial charge in [-0.2, -0.15) is 0 Å². The topological polar surface area (TPSA) is 192 Å². The van der Waals surface area contributed by atoms with Crippen molar-refractivity contribution in [3.63, 3.8) is 0 Å². The molecule has 1 rings (SSSR count). The smallest absolute Gasteiger partial charge is 0.457 e. The van der Waals surface area contributed by atoms with Crippen LogP contribution < -0.4 is 0 Å². The van der Waals surface area contributed by atoms with Gasteiger partial charge in [-0.15, -0.1) is 0 Å². The first-order valence-electron chi connectivity index (χ1n) is 20.7. The molecule has 312 valence electrons. The van der Waals surface area contributed by atoms with Crippen LogP contribution in [0.25, 0.3) is 0 Å². The number of carbonyl (C=O) groups is 1. The molecule has 0 bridgehead atoms. The summed E-state index contributed by atoms with van der Waals surface area (Å²) in [7, 11) is -5.00. The Bertz CT molecular complexity index is 979.